The van der Waals surface area contributed by atoms with Crippen LogP contribution in [-0.4, -0.2) is 24.5 Å². The van der Waals surface area contributed by atoms with E-state index < -0.39 is 0 Å². The van der Waals surface area contributed by atoms with Crippen molar-refractivity contribution >= 4 is 15.9 Å². The number of nitrogens with two attached hydrogens (primary N) is 1. The normalized spacial score (nSPS) is 22.6. The number of nitrogens with zero attached hydrogens (tertiary/aromatic N) is 1. The molecule has 2 aromatic rings. The molecule has 3 rings (SSSR count). The summed E-state index contributed by atoms with van der Waals surface area (Å²) in [7, 11) is 0. The second-order valence-electron chi connectivity index (χ2n) is 5.84. The summed E-state index contributed by atoms with van der Waals surface area (Å²) in [6.45, 7) is 3.94. The van der Waals surface area contributed by atoms with Crippen molar-refractivity contribution < 1.29 is 0 Å². The van der Waals surface area contributed by atoms with Crippen molar-refractivity contribution in [2.75, 3.05) is 19.6 Å². The molecule has 0 aromatic heterocycles. The van der Waals surface area contributed by atoms with Crippen molar-refractivity contribution in [1.82, 2.24) is 4.90 Å². The van der Waals surface area contributed by atoms with Gasteiger partial charge in [-0.2, -0.15) is 0 Å². The number of rotatable bonds is 4. The molecule has 1 fully saturated rings. The first-order chi connectivity index (χ1) is 10.3. The summed E-state index contributed by atoms with van der Waals surface area (Å²) in [5.41, 5.74) is 8.78. The Labute approximate surface area is 135 Å². The largest absolute Gasteiger partial charge is 0.330 e. The van der Waals surface area contributed by atoms with Crippen LogP contribution < -0.4 is 5.73 Å². The summed E-state index contributed by atoms with van der Waals surface area (Å²) in [6, 6.07) is 19.4. The fourth-order valence-corrected chi connectivity index (χ4v) is 3.75. The summed E-state index contributed by atoms with van der Waals surface area (Å²) < 4.78 is 1.15. The molecular weight excluding hydrogens is 324 g/mol. The molecule has 1 aliphatic heterocycles. The summed E-state index contributed by atoms with van der Waals surface area (Å²) >= 11 is 3.55. The number of hydrogen-bond donors (Lipinski definition) is 1. The van der Waals surface area contributed by atoms with E-state index in [-0.39, 0.29) is 0 Å². The van der Waals surface area contributed by atoms with Crippen molar-refractivity contribution in [2.45, 2.75) is 12.5 Å². The van der Waals surface area contributed by atoms with Gasteiger partial charge in [0.05, 0.1) is 0 Å². The molecule has 1 aliphatic rings. The highest BCUT2D eigenvalue weighted by molar-refractivity contribution is 9.10. The van der Waals surface area contributed by atoms with Gasteiger partial charge in [0.1, 0.15) is 0 Å². The molecule has 0 spiro atoms. The molecule has 0 bridgehead atoms. The van der Waals surface area contributed by atoms with Gasteiger partial charge in [-0.05, 0) is 35.7 Å². The van der Waals surface area contributed by atoms with Crippen molar-refractivity contribution in [3.63, 3.8) is 0 Å². The van der Waals surface area contributed by atoms with Crippen LogP contribution in [0.25, 0.3) is 0 Å². The lowest BCUT2D eigenvalue weighted by Gasteiger charge is -2.17. The van der Waals surface area contributed by atoms with E-state index >= 15 is 0 Å². The lowest BCUT2D eigenvalue weighted by atomic mass is 9.89. The van der Waals surface area contributed by atoms with Crippen molar-refractivity contribution in [1.29, 1.82) is 0 Å². The zero-order valence-electron chi connectivity index (χ0n) is 12.1. The van der Waals surface area contributed by atoms with Crippen LogP contribution >= 0.6 is 15.9 Å². The van der Waals surface area contributed by atoms with Crippen LogP contribution in [-0.2, 0) is 6.54 Å². The van der Waals surface area contributed by atoms with Gasteiger partial charge in [0.15, 0.2) is 0 Å². The Hall–Kier alpha value is -1.16. The minimum Gasteiger partial charge on any atom is -0.330 e. The maximum absolute atomic E-state index is 6.01. The Morgan fingerprint density at radius 3 is 2.57 bits per heavy atom. The molecular formula is C18H21BrN2. The van der Waals surface area contributed by atoms with E-state index in [1.807, 2.05) is 0 Å². The lowest BCUT2D eigenvalue weighted by Crippen LogP contribution is -2.23. The third kappa shape index (κ3) is 3.54. The number of hydrogen-bond acceptors (Lipinski definition) is 2. The summed E-state index contributed by atoms with van der Waals surface area (Å²) in [6.07, 6.45) is 0. The molecule has 3 heteroatoms. The van der Waals surface area contributed by atoms with E-state index in [4.69, 9.17) is 5.73 Å². The van der Waals surface area contributed by atoms with E-state index in [1.54, 1.807) is 0 Å². The van der Waals surface area contributed by atoms with Gasteiger partial charge >= 0.3 is 0 Å². The first-order valence-corrected chi connectivity index (χ1v) is 8.27. The molecule has 2 N–H and O–H groups in total. The standard InChI is InChI=1S/C18H21BrN2/c19-17-8-4-5-14(9-17)11-21-12-16(10-20)18(13-21)15-6-2-1-3-7-15/h1-9,16,18H,10-13,20H2/t16-,18+/m1/s1. The SMILES string of the molecule is NC[C@@H]1CN(Cc2cccc(Br)c2)C[C@H]1c1ccccc1. The highest BCUT2D eigenvalue weighted by Crippen LogP contribution is 2.32. The highest BCUT2D eigenvalue weighted by Gasteiger charge is 2.32. The Bertz CT molecular complexity index is 585. The van der Waals surface area contributed by atoms with Gasteiger partial charge in [-0.1, -0.05) is 58.4 Å². The molecule has 21 heavy (non-hydrogen) atoms. The molecule has 1 heterocycles. The van der Waals surface area contributed by atoms with Crippen LogP contribution in [0.4, 0.5) is 0 Å². The van der Waals surface area contributed by atoms with Crippen LogP contribution in [0.15, 0.2) is 59.1 Å². The average molecular weight is 345 g/mol. The first kappa shape index (κ1) is 14.8. The topological polar surface area (TPSA) is 29.3 Å². The molecule has 2 aromatic carbocycles. The second-order valence-corrected chi connectivity index (χ2v) is 6.75. The molecule has 0 saturated carbocycles. The highest BCUT2D eigenvalue weighted by atomic mass is 79.9. The fraction of sp³-hybridized carbons (Fsp3) is 0.333. The van der Waals surface area contributed by atoms with E-state index in [0.29, 0.717) is 11.8 Å². The molecule has 0 unspecified atom stereocenters. The predicted molar refractivity (Wildman–Crippen MR) is 91.1 cm³/mol. The molecule has 1 saturated heterocycles. The molecule has 110 valence electrons. The van der Waals surface area contributed by atoms with Crippen LogP contribution in [0.5, 0.6) is 0 Å². The minimum atomic E-state index is 0.555. The number of halogens is 1. The van der Waals surface area contributed by atoms with E-state index in [1.165, 1.54) is 11.1 Å². The van der Waals surface area contributed by atoms with Crippen molar-refractivity contribution in [3.05, 3.63) is 70.2 Å². The van der Waals surface area contributed by atoms with E-state index in [9.17, 15) is 0 Å². The monoisotopic (exact) mass is 344 g/mol. The number of likely N-dealkylation sites (tertiary alicyclic amines) is 1. The Kier molecular flexibility index (Phi) is 4.73. The third-order valence-electron chi connectivity index (χ3n) is 4.34. The van der Waals surface area contributed by atoms with Gasteiger partial charge in [0, 0.05) is 30.0 Å². The Morgan fingerprint density at radius 2 is 1.86 bits per heavy atom. The van der Waals surface area contributed by atoms with Crippen LogP contribution in [0.1, 0.15) is 17.0 Å². The molecule has 0 amide bonds. The Morgan fingerprint density at radius 1 is 1.05 bits per heavy atom. The Balaban J connectivity index is 1.72. The van der Waals surface area contributed by atoms with Crippen LogP contribution in [0, 0.1) is 5.92 Å². The van der Waals surface area contributed by atoms with Gasteiger partial charge in [-0.3, -0.25) is 4.90 Å². The van der Waals surface area contributed by atoms with Crippen molar-refractivity contribution in [3.8, 4) is 0 Å². The molecule has 0 radical (unpaired) electrons. The lowest BCUT2D eigenvalue weighted by molar-refractivity contribution is 0.317. The predicted octanol–water partition coefficient (Wildman–Crippen LogP) is 3.62. The summed E-state index contributed by atoms with van der Waals surface area (Å²) in [5, 5.41) is 0. The van der Waals surface area contributed by atoms with Crippen LogP contribution in [0.3, 0.4) is 0 Å². The smallest absolute Gasteiger partial charge is 0.0234 e. The first-order valence-electron chi connectivity index (χ1n) is 7.48. The third-order valence-corrected chi connectivity index (χ3v) is 4.84. The van der Waals surface area contributed by atoms with Crippen LogP contribution in [0.2, 0.25) is 0 Å². The number of benzene rings is 2. The van der Waals surface area contributed by atoms with Gasteiger partial charge in [-0.15, -0.1) is 0 Å². The minimum absolute atomic E-state index is 0.555. The molecule has 2 atom stereocenters. The molecule has 0 aliphatic carbocycles. The van der Waals surface area contributed by atoms with Gasteiger partial charge < -0.3 is 5.73 Å². The quantitative estimate of drug-likeness (QED) is 0.917. The maximum atomic E-state index is 6.01. The zero-order valence-corrected chi connectivity index (χ0v) is 13.7. The average Bonchev–Trinajstić information content (AvgIpc) is 2.91. The van der Waals surface area contributed by atoms with E-state index in [0.717, 1.165) is 30.7 Å². The van der Waals surface area contributed by atoms with Gasteiger partial charge in [0.2, 0.25) is 0 Å². The summed E-state index contributed by atoms with van der Waals surface area (Å²) in [5.74, 6) is 1.11. The van der Waals surface area contributed by atoms with E-state index in [2.05, 4.69) is 75.4 Å². The van der Waals surface area contributed by atoms with Gasteiger partial charge in [-0.25, -0.2) is 0 Å². The molecule has 2 nitrogen and oxygen atoms in total. The van der Waals surface area contributed by atoms with Gasteiger partial charge in [0.25, 0.3) is 0 Å². The summed E-state index contributed by atoms with van der Waals surface area (Å²) in [4.78, 5) is 2.52. The second kappa shape index (κ2) is 6.73. The fourth-order valence-electron chi connectivity index (χ4n) is 3.30. The zero-order chi connectivity index (χ0) is 14.7. The van der Waals surface area contributed by atoms with Crippen molar-refractivity contribution in [2.24, 2.45) is 11.7 Å². The maximum Gasteiger partial charge on any atom is 0.0234 e.